The van der Waals surface area contributed by atoms with Gasteiger partial charge in [0.05, 0.1) is 0 Å². The maximum Gasteiger partial charge on any atom is 0.133 e. The number of nitrogens with two attached hydrogens (primary N) is 2. The van der Waals surface area contributed by atoms with E-state index in [1.807, 2.05) is 49.4 Å². The molecule has 0 amide bonds. The second-order valence-corrected chi connectivity index (χ2v) is 7.34. The highest BCUT2D eigenvalue weighted by Gasteiger charge is 2.21. The molecule has 3 aromatic carbocycles. The minimum absolute atomic E-state index is 0.464. The van der Waals surface area contributed by atoms with Crippen LogP contribution < -0.4 is 11.5 Å². The van der Waals surface area contributed by atoms with Crippen molar-refractivity contribution in [1.29, 1.82) is 0 Å². The molecule has 0 aliphatic rings. The Balaban J connectivity index is 1.86. The molecule has 4 aromatic rings. The fourth-order valence-electron chi connectivity index (χ4n) is 3.10. The highest BCUT2D eigenvalue weighted by Crippen LogP contribution is 2.35. The molecule has 4 N–H and O–H groups in total. The maximum atomic E-state index is 6.43. The minimum Gasteiger partial charge on any atom is -0.383 e. The molecule has 1 aromatic heterocycles. The molecule has 0 aliphatic carbocycles. The van der Waals surface area contributed by atoms with Crippen LogP contribution in [0.2, 0.25) is 0 Å². The second kappa shape index (κ2) is 5.99. The monoisotopic (exact) mass is 345 g/mol. The SMILES string of the molecule is CC(N)(N=C(N)c1cccc2c1sc1ccccc12)c1ccccc1. The number of thiophene rings is 1. The van der Waals surface area contributed by atoms with Gasteiger partial charge in [-0.2, -0.15) is 0 Å². The molecule has 1 atom stereocenters. The van der Waals surface area contributed by atoms with E-state index in [-0.39, 0.29) is 0 Å². The number of rotatable bonds is 3. The zero-order valence-electron chi connectivity index (χ0n) is 13.9. The number of hydrogen-bond acceptors (Lipinski definition) is 3. The second-order valence-electron chi connectivity index (χ2n) is 6.29. The summed E-state index contributed by atoms with van der Waals surface area (Å²) in [5, 5.41) is 2.45. The van der Waals surface area contributed by atoms with Crippen molar-refractivity contribution in [3.8, 4) is 0 Å². The van der Waals surface area contributed by atoms with Gasteiger partial charge in [-0.3, -0.25) is 0 Å². The Morgan fingerprint density at radius 2 is 1.56 bits per heavy atom. The summed E-state index contributed by atoms with van der Waals surface area (Å²) < 4.78 is 2.39. The van der Waals surface area contributed by atoms with Crippen LogP contribution in [0.5, 0.6) is 0 Å². The Morgan fingerprint density at radius 1 is 0.880 bits per heavy atom. The topological polar surface area (TPSA) is 64.4 Å². The number of benzene rings is 3. The van der Waals surface area contributed by atoms with Crippen molar-refractivity contribution < 1.29 is 0 Å². The molecule has 1 unspecified atom stereocenters. The molecule has 0 fully saturated rings. The zero-order chi connectivity index (χ0) is 17.4. The molecule has 3 nitrogen and oxygen atoms in total. The number of aliphatic imine (C=N–C) groups is 1. The molecular formula is C21H19N3S. The van der Waals surface area contributed by atoms with Gasteiger partial charge in [-0.15, -0.1) is 11.3 Å². The highest BCUT2D eigenvalue weighted by atomic mass is 32.1. The van der Waals surface area contributed by atoms with Crippen LogP contribution in [0.4, 0.5) is 0 Å². The standard InChI is InChI=1S/C21H19N3S/c1-21(23,14-8-3-2-4-9-14)24-20(22)17-12-7-11-16-15-10-5-6-13-18(15)25-19(16)17/h2-13H,23H2,1H3,(H2,22,24). The maximum absolute atomic E-state index is 6.43. The van der Waals surface area contributed by atoms with Crippen molar-refractivity contribution in [3.63, 3.8) is 0 Å². The van der Waals surface area contributed by atoms with E-state index in [2.05, 4.69) is 35.3 Å². The van der Waals surface area contributed by atoms with E-state index in [0.29, 0.717) is 5.84 Å². The fourth-order valence-corrected chi connectivity index (χ4v) is 4.32. The number of amidine groups is 1. The lowest BCUT2D eigenvalue weighted by Gasteiger charge is -2.21. The smallest absolute Gasteiger partial charge is 0.133 e. The molecule has 0 saturated heterocycles. The van der Waals surface area contributed by atoms with Crippen molar-refractivity contribution in [1.82, 2.24) is 0 Å². The number of hydrogen-bond donors (Lipinski definition) is 2. The van der Waals surface area contributed by atoms with Gasteiger partial charge in [0.15, 0.2) is 0 Å². The van der Waals surface area contributed by atoms with Crippen molar-refractivity contribution in [2.75, 3.05) is 0 Å². The molecule has 0 bridgehead atoms. The van der Waals surface area contributed by atoms with E-state index in [9.17, 15) is 0 Å². The quantitative estimate of drug-likeness (QED) is 0.421. The average molecular weight is 345 g/mol. The summed E-state index contributed by atoms with van der Waals surface area (Å²) in [5.74, 6) is 0.464. The van der Waals surface area contributed by atoms with Crippen LogP contribution in [-0.2, 0) is 5.66 Å². The summed E-state index contributed by atoms with van der Waals surface area (Å²) in [6.45, 7) is 1.88. The van der Waals surface area contributed by atoms with Gasteiger partial charge in [-0.25, -0.2) is 4.99 Å². The van der Waals surface area contributed by atoms with E-state index in [1.54, 1.807) is 11.3 Å². The fraction of sp³-hybridized carbons (Fsp3) is 0.0952. The van der Waals surface area contributed by atoms with Gasteiger partial charge in [0.2, 0.25) is 0 Å². The molecule has 0 radical (unpaired) electrons. The summed E-state index contributed by atoms with van der Waals surface area (Å²) in [7, 11) is 0. The predicted molar refractivity (Wildman–Crippen MR) is 108 cm³/mol. The van der Waals surface area contributed by atoms with E-state index >= 15 is 0 Å². The van der Waals surface area contributed by atoms with E-state index in [0.717, 1.165) is 15.8 Å². The van der Waals surface area contributed by atoms with Crippen LogP contribution in [0.15, 0.2) is 77.8 Å². The molecule has 1 heterocycles. The normalized spacial score (nSPS) is 14.7. The molecule has 124 valence electrons. The van der Waals surface area contributed by atoms with Crippen LogP contribution >= 0.6 is 11.3 Å². The van der Waals surface area contributed by atoms with Crippen LogP contribution in [0, 0.1) is 0 Å². The Morgan fingerprint density at radius 3 is 2.36 bits per heavy atom. The number of nitrogens with zero attached hydrogens (tertiary/aromatic N) is 1. The van der Waals surface area contributed by atoms with E-state index < -0.39 is 5.66 Å². The van der Waals surface area contributed by atoms with Gasteiger partial charge in [0, 0.05) is 25.7 Å². The third-order valence-corrected chi connectivity index (χ3v) is 5.61. The van der Waals surface area contributed by atoms with Gasteiger partial charge in [0.1, 0.15) is 11.5 Å². The first-order chi connectivity index (χ1) is 12.1. The lowest BCUT2D eigenvalue weighted by Crippen LogP contribution is -2.34. The Hall–Kier alpha value is -2.69. The highest BCUT2D eigenvalue weighted by molar-refractivity contribution is 7.26. The summed E-state index contributed by atoms with van der Waals surface area (Å²) in [4.78, 5) is 4.65. The first kappa shape index (κ1) is 15.8. The van der Waals surface area contributed by atoms with Gasteiger partial charge in [0.25, 0.3) is 0 Å². The lowest BCUT2D eigenvalue weighted by molar-refractivity contribution is 0.524. The summed E-state index contributed by atoms with van der Waals surface area (Å²) in [6.07, 6.45) is 0. The minimum atomic E-state index is -0.871. The first-order valence-corrected chi connectivity index (χ1v) is 8.98. The van der Waals surface area contributed by atoms with Crippen molar-refractivity contribution in [2.24, 2.45) is 16.5 Å². The van der Waals surface area contributed by atoms with Gasteiger partial charge < -0.3 is 11.5 Å². The summed E-state index contributed by atoms with van der Waals surface area (Å²) >= 11 is 1.74. The molecule has 0 saturated carbocycles. The molecular weight excluding hydrogens is 326 g/mol. The Kier molecular flexibility index (Phi) is 3.79. The van der Waals surface area contributed by atoms with Gasteiger partial charge >= 0.3 is 0 Å². The Labute approximate surface area is 150 Å². The summed E-state index contributed by atoms with van der Waals surface area (Å²) in [5.41, 5.74) is 13.8. The molecule has 0 spiro atoms. The molecule has 4 heteroatoms. The van der Waals surface area contributed by atoms with Crippen LogP contribution in [0.25, 0.3) is 20.2 Å². The zero-order valence-corrected chi connectivity index (χ0v) is 14.8. The lowest BCUT2D eigenvalue weighted by atomic mass is 10.0. The van der Waals surface area contributed by atoms with E-state index in [1.165, 1.54) is 15.5 Å². The van der Waals surface area contributed by atoms with Crippen LogP contribution in [0.3, 0.4) is 0 Å². The first-order valence-electron chi connectivity index (χ1n) is 8.16. The summed E-state index contributed by atoms with van der Waals surface area (Å²) in [6, 6.07) is 24.4. The molecule has 0 aliphatic heterocycles. The van der Waals surface area contributed by atoms with Gasteiger partial charge in [-0.1, -0.05) is 60.7 Å². The number of fused-ring (bicyclic) bond motifs is 3. The van der Waals surface area contributed by atoms with Crippen LogP contribution in [0.1, 0.15) is 18.1 Å². The van der Waals surface area contributed by atoms with Gasteiger partial charge in [-0.05, 0) is 24.6 Å². The third kappa shape index (κ3) is 2.80. The van der Waals surface area contributed by atoms with Crippen molar-refractivity contribution >= 4 is 37.3 Å². The third-order valence-electron chi connectivity index (χ3n) is 4.39. The molecule has 4 rings (SSSR count). The largest absolute Gasteiger partial charge is 0.383 e. The van der Waals surface area contributed by atoms with Crippen molar-refractivity contribution in [3.05, 3.63) is 83.9 Å². The van der Waals surface area contributed by atoms with Crippen LogP contribution in [-0.4, -0.2) is 5.84 Å². The van der Waals surface area contributed by atoms with Crippen molar-refractivity contribution in [2.45, 2.75) is 12.6 Å². The predicted octanol–water partition coefficient (Wildman–Crippen LogP) is 4.59. The van der Waals surface area contributed by atoms with E-state index in [4.69, 9.17) is 11.5 Å². The molecule has 25 heavy (non-hydrogen) atoms. The average Bonchev–Trinajstić information content (AvgIpc) is 3.01. The Bertz CT molecular complexity index is 1080.